The van der Waals surface area contributed by atoms with Crippen molar-refractivity contribution in [3.05, 3.63) is 87.1 Å². The number of nitrogens with one attached hydrogen (secondary N) is 1. The Balaban J connectivity index is 1.54. The molecule has 1 aromatic heterocycles. The van der Waals surface area contributed by atoms with Crippen LogP contribution in [0, 0.1) is 0 Å². The maximum Gasteiger partial charge on any atom is 0.240 e. The highest BCUT2D eigenvalue weighted by Gasteiger charge is 2.27. The summed E-state index contributed by atoms with van der Waals surface area (Å²) in [7, 11) is -3.59. The van der Waals surface area contributed by atoms with E-state index in [1.54, 1.807) is 23.5 Å². The van der Waals surface area contributed by atoms with E-state index in [9.17, 15) is 8.42 Å². The molecule has 1 N–H and O–H groups in total. The molecule has 0 saturated carbocycles. The Hall–Kier alpha value is -1.70. The molecule has 0 aliphatic carbocycles. The minimum absolute atomic E-state index is 0.00423. The Morgan fingerprint density at radius 1 is 1.04 bits per heavy atom. The first kappa shape index (κ1) is 19.6. The van der Waals surface area contributed by atoms with Crippen molar-refractivity contribution in [3.63, 3.8) is 0 Å². The Morgan fingerprint density at radius 2 is 1.79 bits per heavy atom. The zero-order valence-electron chi connectivity index (χ0n) is 15.2. The van der Waals surface area contributed by atoms with Gasteiger partial charge in [-0.2, -0.15) is 0 Å². The van der Waals surface area contributed by atoms with Crippen LogP contribution in [-0.2, 0) is 23.0 Å². The van der Waals surface area contributed by atoms with Crippen LogP contribution in [0.15, 0.2) is 70.9 Å². The average molecular weight is 433 g/mol. The lowest BCUT2D eigenvalue weighted by Gasteiger charge is -2.35. The molecule has 2 heterocycles. The van der Waals surface area contributed by atoms with E-state index < -0.39 is 10.0 Å². The normalized spacial score (nSPS) is 15.9. The van der Waals surface area contributed by atoms with Crippen LogP contribution in [0.2, 0.25) is 5.02 Å². The first-order chi connectivity index (χ1) is 13.5. The predicted octanol–water partition coefficient (Wildman–Crippen LogP) is 4.48. The standard InChI is InChI=1S/C21H21ClN2O2S2/c22-18-7-9-19(10-8-18)28(25,26)23-14-20(21-6-3-13-27-21)24-12-11-16-4-1-2-5-17(16)15-24/h1-10,13,20,23H,11-12,14-15H2/t20-/m1/s1. The summed E-state index contributed by atoms with van der Waals surface area (Å²) < 4.78 is 28.3. The first-order valence-electron chi connectivity index (χ1n) is 9.12. The minimum Gasteiger partial charge on any atom is -0.290 e. The van der Waals surface area contributed by atoms with E-state index in [-0.39, 0.29) is 10.9 Å². The number of hydrogen-bond donors (Lipinski definition) is 1. The second-order valence-corrected chi connectivity index (χ2v) is 10.0. The van der Waals surface area contributed by atoms with Crippen LogP contribution in [0.1, 0.15) is 22.0 Å². The van der Waals surface area contributed by atoms with Crippen LogP contribution < -0.4 is 4.72 Å². The van der Waals surface area contributed by atoms with Gasteiger partial charge in [0.2, 0.25) is 10.0 Å². The van der Waals surface area contributed by atoms with Crippen molar-refractivity contribution in [2.45, 2.75) is 23.9 Å². The van der Waals surface area contributed by atoms with Gasteiger partial charge in [-0.3, -0.25) is 4.90 Å². The Labute approximate surface area is 174 Å². The number of rotatable bonds is 6. The molecule has 0 saturated heterocycles. The summed E-state index contributed by atoms with van der Waals surface area (Å²) in [5.74, 6) is 0. The molecular formula is C21H21ClN2O2S2. The van der Waals surface area contributed by atoms with Crippen molar-refractivity contribution >= 4 is 33.0 Å². The molecular weight excluding hydrogens is 412 g/mol. The van der Waals surface area contributed by atoms with E-state index in [1.807, 2.05) is 11.4 Å². The average Bonchev–Trinajstić information content (AvgIpc) is 3.23. The van der Waals surface area contributed by atoms with Crippen molar-refractivity contribution < 1.29 is 8.42 Å². The summed E-state index contributed by atoms with van der Waals surface area (Å²) >= 11 is 7.54. The van der Waals surface area contributed by atoms with Gasteiger partial charge in [0.15, 0.2) is 0 Å². The molecule has 0 amide bonds. The molecule has 146 valence electrons. The predicted molar refractivity (Wildman–Crippen MR) is 114 cm³/mol. The number of hydrogen-bond acceptors (Lipinski definition) is 4. The maximum absolute atomic E-state index is 12.7. The Kier molecular flexibility index (Phi) is 5.85. The fourth-order valence-corrected chi connectivity index (χ4v) is 5.59. The van der Waals surface area contributed by atoms with Gasteiger partial charge in [0, 0.05) is 29.5 Å². The molecule has 3 aromatic rings. The van der Waals surface area contributed by atoms with Crippen LogP contribution in [0.25, 0.3) is 0 Å². The number of fused-ring (bicyclic) bond motifs is 1. The summed E-state index contributed by atoms with van der Waals surface area (Å²) in [5.41, 5.74) is 2.70. The second-order valence-electron chi connectivity index (χ2n) is 6.83. The van der Waals surface area contributed by atoms with Gasteiger partial charge in [0.05, 0.1) is 10.9 Å². The molecule has 1 atom stereocenters. The SMILES string of the molecule is O=S(=O)(NC[C@H](c1cccs1)N1CCc2ccccc2C1)c1ccc(Cl)cc1. The van der Waals surface area contributed by atoms with E-state index in [1.165, 1.54) is 23.3 Å². The topological polar surface area (TPSA) is 49.4 Å². The van der Waals surface area contributed by atoms with Gasteiger partial charge in [-0.05, 0) is 53.3 Å². The highest BCUT2D eigenvalue weighted by atomic mass is 35.5. The third-order valence-electron chi connectivity index (χ3n) is 5.06. The largest absolute Gasteiger partial charge is 0.290 e. The molecule has 4 rings (SSSR count). The van der Waals surface area contributed by atoms with Gasteiger partial charge in [-0.1, -0.05) is 41.9 Å². The highest BCUT2D eigenvalue weighted by molar-refractivity contribution is 7.89. The molecule has 7 heteroatoms. The molecule has 1 aliphatic rings. The van der Waals surface area contributed by atoms with Crippen molar-refractivity contribution in [1.82, 2.24) is 9.62 Å². The number of halogens is 1. The van der Waals surface area contributed by atoms with Gasteiger partial charge < -0.3 is 0 Å². The number of thiophene rings is 1. The van der Waals surface area contributed by atoms with Gasteiger partial charge in [0.25, 0.3) is 0 Å². The zero-order chi connectivity index (χ0) is 19.6. The number of benzene rings is 2. The van der Waals surface area contributed by atoms with Crippen LogP contribution in [0.5, 0.6) is 0 Å². The summed E-state index contributed by atoms with van der Waals surface area (Å²) in [6.07, 6.45) is 0.974. The maximum atomic E-state index is 12.7. The van der Waals surface area contributed by atoms with Gasteiger partial charge in [-0.15, -0.1) is 11.3 Å². The Bertz CT molecular complexity index is 1030. The fraction of sp³-hybridized carbons (Fsp3) is 0.238. The molecule has 0 fully saturated rings. The summed E-state index contributed by atoms with van der Waals surface area (Å²) in [4.78, 5) is 3.75. The van der Waals surface area contributed by atoms with Crippen LogP contribution in [0.3, 0.4) is 0 Å². The molecule has 0 bridgehead atoms. The first-order valence-corrected chi connectivity index (χ1v) is 11.9. The van der Waals surface area contributed by atoms with Gasteiger partial charge >= 0.3 is 0 Å². The van der Waals surface area contributed by atoms with Crippen molar-refractivity contribution in [2.24, 2.45) is 0 Å². The van der Waals surface area contributed by atoms with E-state index >= 15 is 0 Å². The third kappa shape index (κ3) is 4.31. The lowest BCUT2D eigenvalue weighted by Crippen LogP contribution is -2.40. The van der Waals surface area contributed by atoms with Crippen LogP contribution >= 0.6 is 22.9 Å². The molecule has 2 aromatic carbocycles. The van der Waals surface area contributed by atoms with Crippen LogP contribution in [-0.4, -0.2) is 26.4 Å². The minimum atomic E-state index is -3.59. The molecule has 0 radical (unpaired) electrons. The Morgan fingerprint density at radius 3 is 2.50 bits per heavy atom. The smallest absolute Gasteiger partial charge is 0.240 e. The molecule has 0 spiro atoms. The van der Waals surface area contributed by atoms with E-state index in [4.69, 9.17) is 11.6 Å². The van der Waals surface area contributed by atoms with Gasteiger partial charge in [-0.25, -0.2) is 13.1 Å². The quantitative estimate of drug-likeness (QED) is 0.624. The summed E-state index contributed by atoms with van der Waals surface area (Å²) in [6, 6.07) is 18.8. The summed E-state index contributed by atoms with van der Waals surface area (Å²) in [6.45, 7) is 2.05. The molecule has 4 nitrogen and oxygen atoms in total. The van der Waals surface area contributed by atoms with Gasteiger partial charge in [0.1, 0.15) is 0 Å². The number of nitrogens with zero attached hydrogens (tertiary/aromatic N) is 1. The molecule has 1 aliphatic heterocycles. The third-order valence-corrected chi connectivity index (χ3v) is 7.73. The summed E-state index contributed by atoms with van der Waals surface area (Å²) in [5, 5.41) is 2.55. The lowest BCUT2D eigenvalue weighted by molar-refractivity contribution is 0.183. The van der Waals surface area contributed by atoms with E-state index in [0.717, 1.165) is 24.4 Å². The number of sulfonamides is 1. The lowest BCUT2D eigenvalue weighted by atomic mass is 9.98. The van der Waals surface area contributed by atoms with E-state index in [0.29, 0.717) is 11.6 Å². The second kappa shape index (κ2) is 8.35. The van der Waals surface area contributed by atoms with Crippen molar-refractivity contribution in [3.8, 4) is 0 Å². The fourth-order valence-electron chi connectivity index (χ4n) is 3.56. The van der Waals surface area contributed by atoms with Crippen molar-refractivity contribution in [1.29, 1.82) is 0 Å². The van der Waals surface area contributed by atoms with Crippen molar-refractivity contribution in [2.75, 3.05) is 13.1 Å². The van der Waals surface area contributed by atoms with E-state index in [2.05, 4.69) is 40.0 Å². The highest BCUT2D eigenvalue weighted by Crippen LogP contribution is 2.30. The zero-order valence-corrected chi connectivity index (χ0v) is 17.6. The molecule has 28 heavy (non-hydrogen) atoms. The van der Waals surface area contributed by atoms with Crippen LogP contribution in [0.4, 0.5) is 0 Å². The molecule has 0 unspecified atom stereocenters. The monoisotopic (exact) mass is 432 g/mol.